The average Bonchev–Trinajstić information content (AvgIpc) is 3.27. The van der Waals surface area contributed by atoms with E-state index in [-0.39, 0.29) is 11.8 Å². The van der Waals surface area contributed by atoms with E-state index in [4.69, 9.17) is 18.9 Å². The first-order valence-electron chi connectivity index (χ1n) is 10.5. The van der Waals surface area contributed by atoms with Crippen LogP contribution in [0.3, 0.4) is 0 Å². The molecule has 4 rings (SSSR count). The van der Waals surface area contributed by atoms with Crippen LogP contribution in [0.4, 0.5) is 5.69 Å². The van der Waals surface area contributed by atoms with Gasteiger partial charge in [-0.15, -0.1) is 0 Å². The minimum absolute atomic E-state index is 0.207. The number of anilines is 1. The summed E-state index contributed by atoms with van der Waals surface area (Å²) in [6, 6.07) is 12.7. The summed E-state index contributed by atoms with van der Waals surface area (Å²) in [7, 11) is 4.73. The smallest absolute Gasteiger partial charge is 0.259 e. The first kappa shape index (κ1) is 21.7. The lowest BCUT2D eigenvalue weighted by molar-refractivity contribution is 0.0846. The molecule has 1 saturated heterocycles. The maximum absolute atomic E-state index is 13.2. The molecule has 3 aromatic rings. The van der Waals surface area contributed by atoms with Gasteiger partial charge in [-0.1, -0.05) is 12.1 Å². The Bertz CT molecular complexity index is 1090. The van der Waals surface area contributed by atoms with Crippen molar-refractivity contribution in [3.8, 4) is 28.5 Å². The molecule has 168 valence electrons. The number of carbonyl (C=O) groups excluding carboxylic acids is 1. The number of amides is 1. The van der Waals surface area contributed by atoms with Gasteiger partial charge in [-0.05, 0) is 43.2 Å². The minimum atomic E-state index is -0.265. The zero-order valence-electron chi connectivity index (χ0n) is 18.4. The largest absolute Gasteiger partial charge is 0.496 e. The van der Waals surface area contributed by atoms with Crippen LogP contribution in [0, 0.1) is 0 Å². The Balaban J connectivity index is 1.76. The molecule has 1 fully saturated rings. The van der Waals surface area contributed by atoms with Crippen LogP contribution in [0.1, 0.15) is 34.8 Å². The highest BCUT2D eigenvalue weighted by atomic mass is 16.5. The van der Waals surface area contributed by atoms with E-state index < -0.39 is 0 Å². The van der Waals surface area contributed by atoms with E-state index in [0.717, 1.165) is 24.1 Å². The third kappa shape index (κ3) is 4.27. The molecule has 0 aliphatic carbocycles. The monoisotopic (exact) mass is 437 g/mol. The van der Waals surface area contributed by atoms with E-state index >= 15 is 0 Å². The zero-order chi connectivity index (χ0) is 22.5. The summed E-state index contributed by atoms with van der Waals surface area (Å²) in [5.74, 6) is 1.66. The highest BCUT2D eigenvalue weighted by molar-refractivity contribution is 6.08. The van der Waals surface area contributed by atoms with Crippen LogP contribution < -0.4 is 19.5 Å². The van der Waals surface area contributed by atoms with E-state index in [0.29, 0.717) is 47.4 Å². The molecule has 0 atom stereocenters. The highest BCUT2D eigenvalue weighted by Crippen LogP contribution is 2.40. The van der Waals surface area contributed by atoms with Gasteiger partial charge in [0.1, 0.15) is 11.4 Å². The standard InChI is InChI=1S/C24H27N3O5/c1-29-18-7-5-4-6-17(18)24(28)25-23-21(15-10-12-32-13-11-15)26-27-22(23)16-8-9-19(30-2)20(14-16)31-3/h4-9,14-15H,10-13H2,1-3H3,(H,25,28)(H,26,27). The Morgan fingerprint density at radius 1 is 1.00 bits per heavy atom. The molecule has 32 heavy (non-hydrogen) atoms. The van der Waals surface area contributed by atoms with Crippen molar-refractivity contribution in [2.45, 2.75) is 18.8 Å². The Morgan fingerprint density at radius 2 is 1.72 bits per heavy atom. The lowest BCUT2D eigenvalue weighted by Crippen LogP contribution is -2.18. The maximum Gasteiger partial charge on any atom is 0.259 e. The van der Waals surface area contributed by atoms with Crippen molar-refractivity contribution in [3.05, 3.63) is 53.7 Å². The zero-order valence-corrected chi connectivity index (χ0v) is 18.4. The number of benzene rings is 2. The number of nitrogens with zero attached hydrogens (tertiary/aromatic N) is 1. The molecule has 1 aliphatic rings. The molecule has 0 spiro atoms. The number of methoxy groups -OCH3 is 3. The van der Waals surface area contributed by atoms with Crippen LogP contribution in [-0.4, -0.2) is 50.6 Å². The van der Waals surface area contributed by atoms with Crippen molar-refractivity contribution in [1.82, 2.24) is 10.2 Å². The van der Waals surface area contributed by atoms with Gasteiger partial charge in [0.2, 0.25) is 0 Å². The average molecular weight is 437 g/mol. The summed E-state index contributed by atoms with van der Waals surface area (Å²) >= 11 is 0. The number of aromatic nitrogens is 2. The lowest BCUT2D eigenvalue weighted by Gasteiger charge is -2.22. The molecular weight excluding hydrogens is 410 g/mol. The second-order valence-electron chi connectivity index (χ2n) is 7.47. The first-order chi connectivity index (χ1) is 15.7. The molecular formula is C24H27N3O5. The van der Waals surface area contributed by atoms with Crippen LogP contribution in [0.25, 0.3) is 11.3 Å². The first-order valence-corrected chi connectivity index (χ1v) is 10.5. The van der Waals surface area contributed by atoms with E-state index in [9.17, 15) is 4.79 Å². The Morgan fingerprint density at radius 3 is 2.44 bits per heavy atom. The van der Waals surface area contributed by atoms with Crippen LogP contribution in [-0.2, 0) is 4.74 Å². The molecule has 0 saturated carbocycles. The number of aromatic amines is 1. The third-order valence-electron chi connectivity index (χ3n) is 5.67. The third-order valence-corrected chi connectivity index (χ3v) is 5.67. The fourth-order valence-corrected chi connectivity index (χ4v) is 3.97. The van der Waals surface area contributed by atoms with Gasteiger partial charge in [-0.2, -0.15) is 5.10 Å². The van der Waals surface area contributed by atoms with Gasteiger partial charge in [-0.3, -0.25) is 9.89 Å². The Labute approximate surface area is 186 Å². The number of para-hydroxylation sites is 1. The predicted molar refractivity (Wildman–Crippen MR) is 121 cm³/mol. The van der Waals surface area contributed by atoms with E-state index in [2.05, 4.69) is 15.5 Å². The van der Waals surface area contributed by atoms with Crippen LogP contribution >= 0.6 is 0 Å². The molecule has 2 aromatic carbocycles. The number of H-pyrrole nitrogens is 1. The Kier molecular flexibility index (Phi) is 6.61. The normalized spacial score (nSPS) is 14.1. The molecule has 8 nitrogen and oxygen atoms in total. The van der Waals surface area contributed by atoms with Gasteiger partial charge in [0.15, 0.2) is 11.5 Å². The molecule has 0 unspecified atom stereocenters. The van der Waals surface area contributed by atoms with Gasteiger partial charge >= 0.3 is 0 Å². The van der Waals surface area contributed by atoms with Gasteiger partial charge in [0.05, 0.1) is 38.3 Å². The predicted octanol–water partition coefficient (Wildman–Crippen LogP) is 4.25. The molecule has 2 heterocycles. The van der Waals surface area contributed by atoms with Crippen molar-refractivity contribution in [2.75, 3.05) is 39.9 Å². The number of ether oxygens (including phenoxy) is 4. The minimum Gasteiger partial charge on any atom is -0.496 e. The molecule has 2 N–H and O–H groups in total. The van der Waals surface area contributed by atoms with Gasteiger partial charge in [0, 0.05) is 24.7 Å². The van der Waals surface area contributed by atoms with E-state index in [1.165, 1.54) is 0 Å². The summed E-state index contributed by atoms with van der Waals surface area (Å²) in [6.07, 6.45) is 1.70. The maximum atomic E-state index is 13.2. The molecule has 8 heteroatoms. The van der Waals surface area contributed by atoms with Crippen molar-refractivity contribution < 1.29 is 23.7 Å². The molecule has 1 aromatic heterocycles. The highest BCUT2D eigenvalue weighted by Gasteiger charge is 2.26. The number of carbonyl (C=O) groups is 1. The second-order valence-corrected chi connectivity index (χ2v) is 7.47. The summed E-state index contributed by atoms with van der Waals surface area (Å²) in [5, 5.41) is 10.8. The van der Waals surface area contributed by atoms with Crippen LogP contribution in [0.15, 0.2) is 42.5 Å². The van der Waals surface area contributed by atoms with E-state index in [1.807, 2.05) is 24.3 Å². The number of hydrogen-bond acceptors (Lipinski definition) is 6. The van der Waals surface area contributed by atoms with Crippen molar-refractivity contribution in [2.24, 2.45) is 0 Å². The fraction of sp³-hybridized carbons (Fsp3) is 0.333. The van der Waals surface area contributed by atoms with Crippen molar-refractivity contribution in [3.63, 3.8) is 0 Å². The summed E-state index contributed by atoms with van der Waals surface area (Å²) in [5.41, 5.74) is 3.43. The topological polar surface area (TPSA) is 94.7 Å². The summed E-state index contributed by atoms with van der Waals surface area (Å²) in [4.78, 5) is 13.2. The van der Waals surface area contributed by atoms with Gasteiger partial charge in [0.25, 0.3) is 5.91 Å². The van der Waals surface area contributed by atoms with Crippen molar-refractivity contribution >= 4 is 11.6 Å². The number of hydrogen-bond donors (Lipinski definition) is 2. The van der Waals surface area contributed by atoms with Crippen LogP contribution in [0.2, 0.25) is 0 Å². The van der Waals surface area contributed by atoms with Crippen molar-refractivity contribution in [1.29, 1.82) is 0 Å². The molecule has 0 radical (unpaired) electrons. The molecule has 1 aliphatic heterocycles. The van der Waals surface area contributed by atoms with Crippen LogP contribution in [0.5, 0.6) is 17.2 Å². The van der Waals surface area contributed by atoms with Gasteiger partial charge < -0.3 is 24.3 Å². The number of rotatable bonds is 7. The quantitative estimate of drug-likeness (QED) is 0.574. The number of nitrogens with one attached hydrogen (secondary N) is 2. The molecule has 1 amide bonds. The van der Waals surface area contributed by atoms with Gasteiger partial charge in [-0.25, -0.2) is 0 Å². The fourth-order valence-electron chi connectivity index (χ4n) is 3.97. The van der Waals surface area contributed by atoms with E-state index in [1.54, 1.807) is 39.5 Å². The Hall–Kier alpha value is -3.52. The summed E-state index contributed by atoms with van der Waals surface area (Å²) in [6.45, 7) is 1.35. The second kappa shape index (κ2) is 9.74. The SMILES string of the molecule is COc1ccc(-c2n[nH]c(C3CCOCC3)c2NC(=O)c2ccccc2OC)cc1OC. The molecule has 0 bridgehead atoms. The summed E-state index contributed by atoms with van der Waals surface area (Å²) < 4.78 is 21.7. The lowest BCUT2D eigenvalue weighted by atomic mass is 9.94.